The molecule has 0 aromatic heterocycles. The number of carbonyl (C=O) groups is 6. The molecule has 0 N–H and O–H groups in total. The van der Waals surface area contributed by atoms with Crippen molar-refractivity contribution in [3.8, 4) is 0 Å². The SMILES string of the molecule is CC1(COCc2ccccc2)COCCOC(=O)COCC(=O)OCCOCC(C)(COCc2ccccc2)COCCOC(=O)COCC(=O)OCCOCC(C)(COCc2ccccc2)COCCOC(=O)COCC(=O)OCCOC1. The highest BCUT2D eigenvalue weighted by Crippen LogP contribution is 2.22. The third-order valence-electron chi connectivity index (χ3n) is 11.7. The molecule has 84 heavy (non-hydrogen) atoms. The Balaban J connectivity index is 1.27. The molecule has 0 amide bonds. The Hall–Kier alpha value is -6.00. The molecule has 1 aliphatic heterocycles. The van der Waals surface area contributed by atoms with E-state index in [2.05, 4.69) is 0 Å². The highest BCUT2D eigenvalue weighted by molar-refractivity contribution is 5.74. The van der Waals surface area contributed by atoms with Crippen molar-refractivity contribution in [1.29, 1.82) is 0 Å². The Morgan fingerprint density at radius 3 is 0.667 bits per heavy atom. The van der Waals surface area contributed by atoms with Gasteiger partial charge < -0.3 is 85.3 Å². The van der Waals surface area contributed by atoms with Gasteiger partial charge in [-0.15, -0.1) is 0 Å². The average Bonchev–Trinajstić information content (AvgIpc) is 3.49. The number of benzene rings is 3. The molecule has 0 saturated carbocycles. The maximum absolute atomic E-state index is 12.4. The predicted octanol–water partition coefficient (Wildman–Crippen LogP) is 4.08. The van der Waals surface area contributed by atoms with Crippen molar-refractivity contribution in [2.45, 2.75) is 40.6 Å². The largest absolute Gasteiger partial charge is 0.462 e. The monoisotopic (exact) mass is 1190 g/mol. The molecule has 0 radical (unpaired) electrons. The first kappa shape index (κ1) is 70.5. The number of ether oxygens (including phenoxy) is 18. The van der Waals surface area contributed by atoms with Gasteiger partial charge in [-0.2, -0.15) is 0 Å². The van der Waals surface area contributed by atoms with Crippen LogP contribution in [0.4, 0.5) is 0 Å². The number of hydrogen-bond donors (Lipinski definition) is 0. The molecule has 4 rings (SSSR count). The minimum atomic E-state index is -0.715. The van der Waals surface area contributed by atoms with Crippen LogP contribution in [-0.4, -0.2) is 214 Å². The molecule has 468 valence electrons. The van der Waals surface area contributed by atoms with Gasteiger partial charge >= 0.3 is 35.8 Å². The summed E-state index contributed by atoms with van der Waals surface area (Å²) < 4.78 is 100. The summed E-state index contributed by atoms with van der Waals surface area (Å²) in [6.45, 7) is 5.07. The molecule has 3 aromatic rings. The first-order chi connectivity index (χ1) is 40.7. The van der Waals surface area contributed by atoms with Crippen LogP contribution in [0.15, 0.2) is 91.0 Å². The van der Waals surface area contributed by atoms with Crippen molar-refractivity contribution in [3.63, 3.8) is 0 Å². The van der Waals surface area contributed by atoms with Gasteiger partial charge in [-0.3, -0.25) is 0 Å². The third-order valence-corrected chi connectivity index (χ3v) is 11.7. The second kappa shape index (κ2) is 42.7. The molecule has 0 atom stereocenters. The van der Waals surface area contributed by atoms with Gasteiger partial charge in [0.05, 0.1) is 119 Å². The summed E-state index contributed by atoms with van der Waals surface area (Å²) >= 11 is 0. The normalized spacial score (nSPS) is 23.6. The number of esters is 6. The number of rotatable bonds is 12. The summed E-state index contributed by atoms with van der Waals surface area (Å²) in [5.74, 6) is -4.29. The zero-order valence-corrected chi connectivity index (χ0v) is 48.7. The van der Waals surface area contributed by atoms with Crippen molar-refractivity contribution >= 4 is 35.8 Å². The lowest BCUT2D eigenvalue weighted by atomic mass is 9.94. The smallest absolute Gasteiger partial charge is 0.332 e. The van der Waals surface area contributed by atoms with E-state index in [-0.39, 0.29) is 139 Å². The second-order valence-corrected chi connectivity index (χ2v) is 20.5. The molecule has 1 aliphatic rings. The summed E-state index contributed by atoms with van der Waals surface area (Å²) in [5, 5.41) is 0. The summed E-state index contributed by atoms with van der Waals surface area (Å²) in [4.78, 5) is 74.2. The van der Waals surface area contributed by atoms with Crippen molar-refractivity contribution in [2.24, 2.45) is 16.2 Å². The Bertz CT molecular complexity index is 1940. The molecule has 0 spiro atoms. The van der Waals surface area contributed by atoms with Crippen LogP contribution in [-0.2, 0) is 134 Å². The Morgan fingerprint density at radius 1 is 0.286 bits per heavy atom. The third kappa shape index (κ3) is 34.7. The van der Waals surface area contributed by atoms with Crippen LogP contribution in [0, 0.1) is 16.2 Å². The van der Waals surface area contributed by atoms with Crippen molar-refractivity contribution in [2.75, 3.05) is 178 Å². The van der Waals surface area contributed by atoms with Crippen LogP contribution in [0.25, 0.3) is 0 Å². The molecule has 3 aromatic carbocycles. The lowest BCUT2D eigenvalue weighted by Gasteiger charge is -2.29. The molecular weight excluding hydrogens is 1100 g/mol. The Morgan fingerprint density at radius 2 is 0.476 bits per heavy atom. The summed E-state index contributed by atoms with van der Waals surface area (Å²) in [6, 6.07) is 28.9. The summed E-state index contributed by atoms with van der Waals surface area (Å²) in [7, 11) is 0. The van der Waals surface area contributed by atoms with Gasteiger partial charge in [-0.1, -0.05) is 112 Å². The van der Waals surface area contributed by atoms with E-state index in [1.54, 1.807) is 0 Å². The van der Waals surface area contributed by atoms with E-state index in [0.717, 1.165) is 16.7 Å². The Kier molecular flexibility index (Phi) is 35.9. The molecule has 1 heterocycles. The van der Waals surface area contributed by atoms with Gasteiger partial charge in [-0.05, 0) is 16.7 Å². The molecule has 1 fully saturated rings. The maximum Gasteiger partial charge on any atom is 0.332 e. The van der Waals surface area contributed by atoms with Crippen molar-refractivity contribution in [3.05, 3.63) is 108 Å². The first-order valence-electron chi connectivity index (χ1n) is 27.7. The molecule has 0 unspecified atom stereocenters. The average molecular weight is 1190 g/mol. The van der Waals surface area contributed by atoms with E-state index in [4.69, 9.17) is 85.3 Å². The highest BCUT2D eigenvalue weighted by Gasteiger charge is 2.29. The highest BCUT2D eigenvalue weighted by atomic mass is 16.6. The molecule has 24 nitrogen and oxygen atoms in total. The zero-order chi connectivity index (χ0) is 60.2. The minimum Gasteiger partial charge on any atom is -0.462 e. The second-order valence-electron chi connectivity index (χ2n) is 20.5. The molecule has 24 heteroatoms. The lowest BCUT2D eigenvalue weighted by molar-refractivity contribution is -0.158. The molecule has 0 aliphatic carbocycles. The lowest BCUT2D eigenvalue weighted by Crippen LogP contribution is -2.35. The van der Waals surface area contributed by atoms with E-state index in [9.17, 15) is 28.8 Å². The molecule has 0 bridgehead atoms. The van der Waals surface area contributed by atoms with Crippen LogP contribution in [0.3, 0.4) is 0 Å². The van der Waals surface area contributed by atoms with Gasteiger partial charge in [0.15, 0.2) is 0 Å². The van der Waals surface area contributed by atoms with Crippen LogP contribution in [0.2, 0.25) is 0 Å². The van der Waals surface area contributed by atoms with Crippen LogP contribution < -0.4 is 0 Å². The summed E-state index contributed by atoms with van der Waals surface area (Å²) in [6.07, 6.45) is 0. The zero-order valence-electron chi connectivity index (χ0n) is 48.7. The fourth-order valence-corrected chi connectivity index (χ4v) is 7.44. The van der Waals surface area contributed by atoms with Gasteiger partial charge in [0.2, 0.25) is 0 Å². The fraction of sp³-hybridized carbons (Fsp3) is 0.600. The van der Waals surface area contributed by atoms with Crippen molar-refractivity contribution < 1.29 is 114 Å². The quantitative estimate of drug-likeness (QED) is 0.183. The minimum absolute atomic E-state index is 0.0409. The molecular formula is C60H84O24. The summed E-state index contributed by atoms with van der Waals surface area (Å²) in [5.41, 5.74) is 0.934. The maximum atomic E-state index is 12.4. The van der Waals surface area contributed by atoms with E-state index in [1.807, 2.05) is 112 Å². The van der Waals surface area contributed by atoms with Crippen LogP contribution in [0.5, 0.6) is 0 Å². The van der Waals surface area contributed by atoms with E-state index in [0.29, 0.717) is 19.8 Å². The van der Waals surface area contributed by atoms with E-state index in [1.165, 1.54) is 0 Å². The number of cyclic esters (lactones) is 6. The fourth-order valence-electron chi connectivity index (χ4n) is 7.44. The van der Waals surface area contributed by atoms with Crippen LogP contribution in [0.1, 0.15) is 37.5 Å². The van der Waals surface area contributed by atoms with Gasteiger partial charge in [0.25, 0.3) is 0 Å². The van der Waals surface area contributed by atoms with E-state index >= 15 is 0 Å². The van der Waals surface area contributed by atoms with Gasteiger partial charge in [0.1, 0.15) is 79.3 Å². The topological polar surface area (TPSA) is 269 Å². The standard InChI is InChI=1S/C60H84O24/c1-58(46-76-31-49-13-7-4-8-14-49)40-67-19-25-79-52(61)34-73-36-54(63)81-27-21-69-42-59(2,47-77-32-50-15-9-5-10-16-50)44-71-23-29-83-56(65)38-75-39-57(66)84-30-24-72-45-60(3,48-78-33-51-17-11-6-12-18-51)43-70-22-28-82-55(64)37-74-35-53(62)80-26-20-68-41-58/h4-18H,19-48H2,1-3H3. The van der Waals surface area contributed by atoms with Crippen molar-refractivity contribution in [1.82, 2.24) is 0 Å². The Labute approximate surface area is 491 Å². The first-order valence-corrected chi connectivity index (χ1v) is 27.7. The van der Waals surface area contributed by atoms with Gasteiger partial charge in [-0.25, -0.2) is 28.8 Å². The molecule has 1 saturated heterocycles. The van der Waals surface area contributed by atoms with E-state index < -0.39 is 91.7 Å². The number of carbonyl (C=O) groups excluding carboxylic acids is 6. The van der Waals surface area contributed by atoms with Crippen LogP contribution >= 0.6 is 0 Å². The number of hydrogen-bond acceptors (Lipinski definition) is 24. The van der Waals surface area contributed by atoms with Gasteiger partial charge in [0, 0.05) is 16.2 Å². The predicted molar refractivity (Wildman–Crippen MR) is 296 cm³/mol.